The van der Waals surface area contributed by atoms with Crippen LogP contribution in [-0.4, -0.2) is 42.6 Å². The van der Waals surface area contributed by atoms with Crippen LogP contribution in [0.5, 0.6) is 0 Å². The number of hydrogen-bond acceptors (Lipinski definition) is 5. The predicted octanol–water partition coefficient (Wildman–Crippen LogP) is 3.60. The Kier molecular flexibility index (Phi) is 6.20. The van der Waals surface area contributed by atoms with Crippen molar-refractivity contribution in [2.75, 3.05) is 19.7 Å². The van der Waals surface area contributed by atoms with Crippen LogP contribution in [0.3, 0.4) is 0 Å². The lowest BCUT2D eigenvalue weighted by atomic mass is 9.92. The van der Waals surface area contributed by atoms with Crippen LogP contribution in [0.4, 0.5) is 4.79 Å². The summed E-state index contributed by atoms with van der Waals surface area (Å²) < 4.78 is 5.32. The summed E-state index contributed by atoms with van der Waals surface area (Å²) in [6, 6.07) is 12.1. The second kappa shape index (κ2) is 9.02. The molecule has 4 rings (SSSR count). The molecule has 1 aromatic heterocycles. The van der Waals surface area contributed by atoms with Gasteiger partial charge in [0.2, 0.25) is 0 Å². The Morgan fingerprint density at radius 3 is 2.77 bits per heavy atom. The Morgan fingerprint density at radius 1 is 1.23 bits per heavy atom. The molecule has 0 bridgehead atoms. The van der Waals surface area contributed by atoms with Crippen molar-refractivity contribution in [1.29, 1.82) is 0 Å². The normalized spacial score (nSPS) is 21.6. The number of carbonyl (C=O) groups excluding carboxylic acids is 2. The van der Waals surface area contributed by atoms with E-state index in [1.54, 1.807) is 18.3 Å². The maximum absolute atomic E-state index is 12.7. The number of benzene rings is 1. The van der Waals surface area contributed by atoms with E-state index < -0.39 is 0 Å². The van der Waals surface area contributed by atoms with Gasteiger partial charge in [0.1, 0.15) is 0 Å². The molecule has 30 heavy (non-hydrogen) atoms. The topological polar surface area (TPSA) is 70.7 Å². The van der Waals surface area contributed by atoms with Gasteiger partial charge in [-0.1, -0.05) is 37.3 Å². The molecular formula is C23H27N3O3S. The molecule has 0 spiro atoms. The largest absolute Gasteiger partial charge is 0.463 e. The fourth-order valence-electron chi connectivity index (χ4n) is 4.35. The van der Waals surface area contributed by atoms with Crippen LogP contribution in [0.15, 0.2) is 53.0 Å². The second-order valence-electron chi connectivity index (χ2n) is 7.50. The molecule has 2 aromatic rings. The van der Waals surface area contributed by atoms with Gasteiger partial charge in [0.05, 0.1) is 24.3 Å². The highest BCUT2D eigenvalue weighted by molar-refractivity contribution is 7.10. The van der Waals surface area contributed by atoms with Gasteiger partial charge in [0, 0.05) is 23.7 Å². The van der Waals surface area contributed by atoms with E-state index in [9.17, 15) is 9.59 Å². The number of thiophene rings is 1. The van der Waals surface area contributed by atoms with Gasteiger partial charge >= 0.3 is 12.0 Å². The lowest BCUT2D eigenvalue weighted by molar-refractivity contribution is -0.139. The van der Waals surface area contributed by atoms with Crippen LogP contribution < -0.4 is 10.6 Å². The molecule has 0 radical (unpaired) electrons. The molecule has 2 aliphatic rings. The van der Waals surface area contributed by atoms with Crippen LogP contribution in [0.25, 0.3) is 0 Å². The first-order chi connectivity index (χ1) is 14.6. The van der Waals surface area contributed by atoms with Crippen molar-refractivity contribution in [3.05, 3.63) is 69.1 Å². The van der Waals surface area contributed by atoms with E-state index in [1.807, 2.05) is 13.0 Å². The smallest absolute Gasteiger partial charge is 0.337 e. The first-order valence-electron chi connectivity index (χ1n) is 10.4. The zero-order valence-electron chi connectivity index (χ0n) is 17.3. The van der Waals surface area contributed by atoms with Gasteiger partial charge in [-0.3, -0.25) is 4.90 Å². The highest BCUT2D eigenvalue weighted by atomic mass is 32.1. The summed E-state index contributed by atoms with van der Waals surface area (Å²) in [4.78, 5) is 28.8. The maximum Gasteiger partial charge on any atom is 0.337 e. The number of nitrogens with one attached hydrogen (secondary N) is 2. The van der Waals surface area contributed by atoms with E-state index in [0.29, 0.717) is 30.8 Å². The monoisotopic (exact) mass is 425 g/mol. The highest BCUT2D eigenvalue weighted by Gasteiger charge is 2.35. The molecule has 0 aliphatic carbocycles. The van der Waals surface area contributed by atoms with Crippen LogP contribution in [-0.2, 0) is 16.0 Å². The van der Waals surface area contributed by atoms with E-state index in [-0.39, 0.29) is 24.1 Å². The second-order valence-corrected chi connectivity index (χ2v) is 8.51. The molecule has 0 saturated carbocycles. The summed E-state index contributed by atoms with van der Waals surface area (Å²) in [6.45, 7) is 5.38. The SMILES string of the molecule is CCOC(=O)C1=C(CN2CCc3sccc3[C@@H]2c2ccccc2)NC(=O)N[C@H]1CC. The summed E-state index contributed by atoms with van der Waals surface area (Å²) in [5, 5.41) is 7.89. The van der Waals surface area contributed by atoms with Gasteiger partial charge < -0.3 is 15.4 Å². The number of fused-ring (bicyclic) bond motifs is 1. The standard InChI is InChI=1S/C23H27N3O3S/c1-3-17-20(22(27)29-4-2)18(25-23(28)24-17)14-26-12-10-19-16(11-13-30-19)21(26)15-8-6-5-7-9-15/h5-9,11,13,17,21H,3-4,10,12,14H2,1-2H3,(H2,24,25,28)/t17-,21-/m0/s1. The summed E-state index contributed by atoms with van der Waals surface area (Å²) in [5.41, 5.74) is 3.69. The highest BCUT2D eigenvalue weighted by Crippen LogP contribution is 2.38. The van der Waals surface area contributed by atoms with E-state index in [4.69, 9.17) is 4.74 Å². The van der Waals surface area contributed by atoms with Crippen molar-refractivity contribution in [3.8, 4) is 0 Å². The number of carbonyl (C=O) groups is 2. The Labute approximate surface area is 180 Å². The summed E-state index contributed by atoms with van der Waals surface area (Å²) in [5.74, 6) is -0.364. The van der Waals surface area contributed by atoms with Crippen LogP contribution >= 0.6 is 11.3 Å². The van der Waals surface area contributed by atoms with Gasteiger partial charge in [-0.2, -0.15) is 0 Å². The van der Waals surface area contributed by atoms with Crippen molar-refractivity contribution < 1.29 is 14.3 Å². The Morgan fingerprint density at radius 2 is 2.03 bits per heavy atom. The minimum Gasteiger partial charge on any atom is -0.463 e. The molecule has 0 unspecified atom stereocenters. The van der Waals surface area contributed by atoms with Crippen LogP contribution in [0.1, 0.15) is 42.3 Å². The number of amides is 2. The first kappa shape index (κ1) is 20.6. The zero-order valence-corrected chi connectivity index (χ0v) is 18.1. The summed E-state index contributed by atoms with van der Waals surface area (Å²) >= 11 is 1.80. The predicted molar refractivity (Wildman–Crippen MR) is 117 cm³/mol. The molecule has 7 heteroatoms. The fourth-order valence-corrected chi connectivity index (χ4v) is 5.26. The molecule has 2 atom stereocenters. The first-order valence-corrected chi connectivity index (χ1v) is 11.3. The van der Waals surface area contributed by atoms with Crippen LogP contribution in [0, 0.1) is 0 Å². The summed E-state index contributed by atoms with van der Waals surface area (Å²) in [6.07, 6.45) is 1.59. The van der Waals surface area contributed by atoms with Gasteiger partial charge in [-0.15, -0.1) is 11.3 Å². The number of ether oxygens (including phenoxy) is 1. The summed E-state index contributed by atoms with van der Waals surface area (Å²) in [7, 11) is 0. The van der Waals surface area contributed by atoms with Gasteiger partial charge in [-0.05, 0) is 42.3 Å². The minimum absolute atomic E-state index is 0.0870. The third kappa shape index (κ3) is 4.00. The van der Waals surface area contributed by atoms with Crippen molar-refractivity contribution >= 4 is 23.3 Å². The molecule has 0 saturated heterocycles. The minimum atomic E-state index is -0.364. The van der Waals surface area contributed by atoms with Crippen molar-refractivity contribution in [2.24, 2.45) is 0 Å². The van der Waals surface area contributed by atoms with Gasteiger partial charge in [0.25, 0.3) is 0 Å². The molecule has 0 fully saturated rings. The molecule has 2 N–H and O–H groups in total. The van der Waals surface area contributed by atoms with Gasteiger partial charge in [0.15, 0.2) is 0 Å². The number of urea groups is 1. The maximum atomic E-state index is 12.7. The van der Waals surface area contributed by atoms with E-state index >= 15 is 0 Å². The molecule has 158 valence electrons. The Hall–Kier alpha value is -2.64. The molecule has 2 aliphatic heterocycles. The van der Waals surface area contributed by atoms with Crippen molar-refractivity contribution in [2.45, 2.75) is 38.8 Å². The Balaban J connectivity index is 1.72. The van der Waals surface area contributed by atoms with E-state index in [0.717, 1.165) is 13.0 Å². The number of rotatable bonds is 6. The Bertz CT molecular complexity index is 954. The number of esters is 1. The van der Waals surface area contributed by atoms with Gasteiger partial charge in [-0.25, -0.2) is 9.59 Å². The molecule has 6 nitrogen and oxygen atoms in total. The molecule has 3 heterocycles. The third-order valence-electron chi connectivity index (χ3n) is 5.69. The lowest BCUT2D eigenvalue weighted by Crippen LogP contribution is -2.52. The quantitative estimate of drug-likeness (QED) is 0.694. The molecule has 1 aromatic carbocycles. The van der Waals surface area contributed by atoms with Crippen molar-refractivity contribution in [1.82, 2.24) is 15.5 Å². The van der Waals surface area contributed by atoms with E-state index in [1.165, 1.54) is 16.0 Å². The average molecular weight is 426 g/mol. The number of nitrogens with zero attached hydrogens (tertiary/aromatic N) is 1. The number of hydrogen-bond donors (Lipinski definition) is 2. The average Bonchev–Trinajstić information content (AvgIpc) is 3.22. The lowest BCUT2D eigenvalue weighted by Gasteiger charge is -2.38. The van der Waals surface area contributed by atoms with Crippen molar-refractivity contribution in [3.63, 3.8) is 0 Å². The fraction of sp³-hybridized carbons (Fsp3) is 0.391. The molecular weight excluding hydrogens is 398 g/mol. The van der Waals surface area contributed by atoms with Crippen LogP contribution in [0.2, 0.25) is 0 Å². The third-order valence-corrected chi connectivity index (χ3v) is 6.69. The zero-order chi connectivity index (χ0) is 21.1. The molecule has 2 amide bonds. The van der Waals surface area contributed by atoms with E-state index in [2.05, 4.69) is 51.2 Å².